The first-order valence-corrected chi connectivity index (χ1v) is 7.48. The number of benzene rings is 1. The van der Waals surface area contributed by atoms with Crippen molar-refractivity contribution in [3.05, 3.63) is 24.3 Å². The van der Waals surface area contributed by atoms with Gasteiger partial charge in [-0.1, -0.05) is 12.1 Å². The molecule has 2 rings (SSSR count). The third kappa shape index (κ3) is 4.39. The molecule has 0 radical (unpaired) electrons. The highest BCUT2D eigenvalue weighted by Crippen LogP contribution is 2.26. The van der Waals surface area contributed by atoms with Gasteiger partial charge in [0.25, 0.3) is 0 Å². The lowest BCUT2D eigenvalue weighted by Gasteiger charge is -2.15. The summed E-state index contributed by atoms with van der Waals surface area (Å²) < 4.78 is 16.8. The number of nitrogens with one attached hydrogen (secondary N) is 1. The maximum atomic E-state index is 5.76. The molecule has 1 aliphatic rings. The zero-order valence-electron chi connectivity index (χ0n) is 12.4. The van der Waals surface area contributed by atoms with Crippen molar-refractivity contribution in [2.75, 3.05) is 32.9 Å². The molecule has 2 atom stereocenters. The van der Waals surface area contributed by atoms with Crippen molar-refractivity contribution in [1.29, 1.82) is 0 Å². The van der Waals surface area contributed by atoms with Crippen LogP contribution in [0.5, 0.6) is 11.5 Å². The molecule has 0 aliphatic carbocycles. The summed E-state index contributed by atoms with van der Waals surface area (Å²) in [6.07, 6.45) is 1.53. The van der Waals surface area contributed by atoms with Crippen LogP contribution in [0.4, 0.5) is 0 Å². The van der Waals surface area contributed by atoms with Crippen LogP contribution in [-0.2, 0) is 4.74 Å². The Morgan fingerprint density at radius 3 is 2.65 bits per heavy atom. The van der Waals surface area contributed by atoms with Crippen molar-refractivity contribution < 1.29 is 14.2 Å². The van der Waals surface area contributed by atoms with E-state index in [1.54, 1.807) is 0 Å². The molecule has 1 aliphatic heterocycles. The SMILES string of the molecule is CCOc1ccccc1OCCNCC1CCOC1C. The molecule has 4 nitrogen and oxygen atoms in total. The Bertz CT molecular complexity index is 397. The van der Waals surface area contributed by atoms with E-state index in [1.807, 2.05) is 31.2 Å². The maximum Gasteiger partial charge on any atom is 0.161 e. The fourth-order valence-electron chi connectivity index (χ4n) is 2.41. The minimum Gasteiger partial charge on any atom is -0.490 e. The Morgan fingerprint density at radius 2 is 2.00 bits per heavy atom. The molecule has 112 valence electrons. The highest BCUT2D eigenvalue weighted by atomic mass is 16.5. The molecular formula is C16H25NO3. The quantitative estimate of drug-likeness (QED) is 0.742. The van der Waals surface area contributed by atoms with Gasteiger partial charge >= 0.3 is 0 Å². The zero-order chi connectivity index (χ0) is 14.2. The minimum absolute atomic E-state index is 0.377. The predicted molar refractivity (Wildman–Crippen MR) is 79.5 cm³/mol. The largest absolute Gasteiger partial charge is 0.490 e. The molecule has 1 saturated heterocycles. The van der Waals surface area contributed by atoms with E-state index in [-0.39, 0.29) is 0 Å². The molecule has 0 saturated carbocycles. The van der Waals surface area contributed by atoms with Gasteiger partial charge in [0.05, 0.1) is 12.7 Å². The third-order valence-electron chi connectivity index (χ3n) is 3.63. The average Bonchev–Trinajstić information content (AvgIpc) is 2.86. The van der Waals surface area contributed by atoms with Gasteiger partial charge in [0, 0.05) is 19.7 Å². The van der Waals surface area contributed by atoms with E-state index in [4.69, 9.17) is 14.2 Å². The van der Waals surface area contributed by atoms with Crippen LogP contribution in [0.2, 0.25) is 0 Å². The maximum absolute atomic E-state index is 5.76. The fourth-order valence-corrected chi connectivity index (χ4v) is 2.41. The van der Waals surface area contributed by atoms with Crippen LogP contribution >= 0.6 is 0 Å². The summed E-state index contributed by atoms with van der Waals surface area (Å²) in [6, 6.07) is 7.79. The van der Waals surface area contributed by atoms with E-state index in [0.29, 0.717) is 25.2 Å². The number of rotatable bonds is 8. The van der Waals surface area contributed by atoms with Crippen LogP contribution in [0.3, 0.4) is 0 Å². The lowest BCUT2D eigenvalue weighted by Crippen LogP contribution is -2.30. The van der Waals surface area contributed by atoms with E-state index >= 15 is 0 Å². The number of para-hydroxylation sites is 2. The van der Waals surface area contributed by atoms with Crippen molar-refractivity contribution in [3.63, 3.8) is 0 Å². The van der Waals surface area contributed by atoms with Crippen LogP contribution < -0.4 is 14.8 Å². The molecule has 1 N–H and O–H groups in total. The molecular weight excluding hydrogens is 254 g/mol. The molecule has 0 aromatic heterocycles. The number of hydrogen-bond donors (Lipinski definition) is 1. The van der Waals surface area contributed by atoms with Crippen LogP contribution in [0, 0.1) is 5.92 Å². The van der Waals surface area contributed by atoms with Crippen LogP contribution in [0.25, 0.3) is 0 Å². The first-order valence-electron chi connectivity index (χ1n) is 7.48. The van der Waals surface area contributed by atoms with Gasteiger partial charge in [-0.3, -0.25) is 0 Å². The van der Waals surface area contributed by atoms with Crippen LogP contribution in [0.1, 0.15) is 20.3 Å². The highest BCUT2D eigenvalue weighted by molar-refractivity contribution is 5.39. The second kappa shape index (κ2) is 8.12. The number of hydrogen-bond acceptors (Lipinski definition) is 4. The zero-order valence-corrected chi connectivity index (χ0v) is 12.4. The van der Waals surface area contributed by atoms with Crippen molar-refractivity contribution in [1.82, 2.24) is 5.32 Å². The Kier molecular flexibility index (Phi) is 6.15. The summed E-state index contributed by atoms with van der Waals surface area (Å²) in [5.74, 6) is 2.26. The lowest BCUT2D eigenvalue weighted by atomic mass is 10.0. The summed E-state index contributed by atoms with van der Waals surface area (Å²) in [7, 11) is 0. The summed E-state index contributed by atoms with van der Waals surface area (Å²) in [6.45, 7) is 8.15. The average molecular weight is 279 g/mol. The molecule has 20 heavy (non-hydrogen) atoms. The molecule has 2 unspecified atom stereocenters. The Morgan fingerprint density at radius 1 is 1.25 bits per heavy atom. The van der Waals surface area contributed by atoms with Gasteiger partial charge in [-0.15, -0.1) is 0 Å². The van der Waals surface area contributed by atoms with Gasteiger partial charge in [-0.2, -0.15) is 0 Å². The Labute approximate surface area is 121 Å². The van der Waals surface area contributed by atoms with Gasteiger partial charge < -0.3 is 19.5 Å². The van der Waals surface area contributed by atoms with Gasteiger partial charge in [-0.25, -0.2) is 0 Å². The second-order valence-electron chi connectivity index (χ2n) is 5.06. The number of ether oxygens (including phenoxy) is 3. The Balaban J connectivity index is 1.65. The molecule has 0 amide bonds. The van der Waals surface area contributed by atoms with E-state index in [1.165, 1.54) is 0 Å². The monoisotopic (exact) mass is 279 g/mol. The van der Waals surface area contributed by atoms with Gasteiger partial charge in [0.2, 0.25) is 0 Å². The standard InChI is InChI=1S/C16H25NO3/c1-3-18-15-6-4-5-7-16(15)20-11-9-17-12-14-8-10-19-13(14)2/h4-7,13-14,17H,3,8-12H2,1-2H3. The van der Waals surface area contributed by atoms with Crippen molar-refractivity contribution >= 4 is 0 Å². The van der Waals surface area contributed by atoms with Gasteiger partial charge in [0.1, 0.15) is 6.61 Å². The molecule has 1 aromatic carbocycles. The fraction of sp³-hybridized carbons (Fsp3) is 0.625. The minimum atomic E-state index is 0.377. The molecule has 4 heteroatoms. The molecule has 1 fully saturated rings. The summed E-state index contributed by atoms with van der Waals surface area (Å²) >= 11 is 0. The van der Waals surface area contributed by atoms with E-state index in [9.17, 15) is 0 Å². The normalized spacial score (nSPS) is 21.9. The predicted octanol–water partition coefficient (Wildman–Crippen LogP) is 2.48. The first kappa shape index (κ1) is 15.1. The molecule has 1 heterocycles. The van der Waals surface area contributed by atoms with E-state index in [2.05, 4.69) is 12.2 Å². The second-order valence-corrected chi connectivity index (χ2v) is 5.06. The van der Waals surface area contributed by atoms with Crippen LogP contribution in [0.15, 0.2) is 24.3 Å². The summed E-state index contributed by atoms with van der Waals surface area (Å²) in [4.78, 5) is 0. The van der Waals surface area contributed by atoms with Crippen LogP contribution in [-0.4, -0.2) is 39.0 Å². The topological polar surface area (TPSA) is 39.7 Å². The lowest BCUT2D eigenvalue weighted by molar-refractivity contribution is 0.105. The van der Waals surface area contributed by atoms with Crippen molar-refractivity contribution in [3.8, 4) is 11.5 Å². The Hall–Kier alpha value is -1.26. The van der Waals surface area contributed by atoms with Gasteiger partial charge in [0.15, 0.2) is 11.5 Å². The molecule has 0 bridgehead atoms. The van der Waals surface area contributed by atoms with E-state index < -0.39 is 0 Å². The first-order chi connectivity index (χ1) is 9.81. The van der Waals surface area contributed by atoms with Gasteiger partial charge in [-0.05, 0) is 38.3 Å². The third-order valence-corrected chi connectivity index (χ3v) is 3.63. The summed E-state index contributed by atoms with van der Waals surface area (Å²) in [5, 5.41) is 3.43. The smallest absolute Gasteiger partial charge is 0.161 e. The van der Waals surface area contributed by atoms with Crippen molar-refractivity contribution in [2.45, 2.75) is 26.4 Å². The van der Waals surface area contributed by atoms with E-state index in [0.717, 1.165) is 37.6 Å². The summed E-state index contributed by atoms with van der Waals surface area (Å²) in [5.41, 5.74) is 0. The molecule has 0 spiro atoms. The molecule has 1 aromatic rings. The van der Waals surface area contributed by atoms with Crippen molar-refractivity contribution in [2.24, 2.45) is 5.92 Å². The highest BCUT2D eigenvalue weighted by Gasteiger charge is 2.23.